The Balaban J connectivity index is 2.02. The van der Waals surface area contributed by atoms with Gasteiger partial charge in [0.25, 0.3) is 0 Å². The van der Waals surface area contributed by atoms with Gasteiger partial charge in [0.2, 0.25) is 0 Å². The minimum Gasteiger partial charge on any atom is -0.506 e. The van der Waals surface area contributed by atoms with Gasteiger partial charge >= 0.3 is 0 Å². The molecule has 0 bridgehead atoms. The lowest BCUT2D eigenvalue weighted by molar-refractivity contribution is 0.460. The second kappa shape index (κ2) is 5.85. The topological polar surface area (TPSA) is 45.1 Å². The van der Waals surface area contributed by atoms with Gasteiger partial charge < -0.3 is 10.4 Å². The molecule has 0 unspecified atom stereocenters. The van der Waals surface area contributed by atoms with E-state index < -0.39 is 0 Å². The van der Waals surface area contributed by atoms with Crippen molar-refractivity contribution in [3.05, 3.63) is 58.9 Å². The largest absolute Gasteiger partial charge is 0.506 e. The van der Waals surface area contributed by atoms with Gasteiger partial charge in [0.1, 0.15) is 5.75 Å². The summed E-state index contributed by atoms with van der Waals surface area (Å²) in [6, 6.07) is 9.48. The molecule has 1 aromatic carbocycles. The van der Waals surface area contributed by atoms with Crippen molar-refractivity contribution in [2.75, 3.05) is 0 Å². The van der Waals surface area contributed by atoms with Gasteiger partial charge in [-0.15, -0.1) is 0 Å². The number of benzene rings is 1. The molecule has 0 saturated carbocycles. The molecule has 0 spiro atoms. The fraction of sp³-hybridized carbons (Fsp3) is 0.214. The van der Waals surface area contributed by atoms with Gasteiger partial charge in [-0.3, -0.25) is 4.98 Å². The van der Waals surface area contributed by atoms with Crippen LogP contribution < -0.4 is 5.32 Å². The van der Waals surface area contributed by atoms with E-state index in [2.05, 4.69) is 17.2 Å². The van der Waals surface area contributed by atoms with Crippen LogP contribution in [0.2, 0.25) is 5.02 Å². The second-order valence-corrected chi connectivity index (χ2v) is 4.54. The third-order valence-corrected chi connectivity index (χ3v) is 3.18. The minimum atomic E-state index is 0.147. The summed E-state index contributed by atoms with van der Waals surface area (Å²) in [4.78, 5) is 3.99. The van der Waals surface area contributed by atoms with Gasteiger partial charge in [-0.25, -0.2) is 0 Å². The number of halogens is 1. The molecule has 18 heavy (non-hydrogen) atoms. The monoisotopic (exact) mass is 262 g/mol. The van der Waals surface area contributed by atoms with E-state index in [1.807, 2.05) is 24.3 Å². The molecular weight excluding hydrogens is 248 g/mol. The number of aromatic nitrogens is 1. The summed E-state index contributed by atoms with van der Waals surface area (Å²) >= 11 is 5.86. The van der Waals surface area contributed by atoms with Crippen molar-refractivity contribution < 1.29 is 5.11 Å². The average molecular weight is 263 g/mol. The summed E-state index contributed by atoms with van der Waals surface area (Å²) in [5.74, 6) is 0.147. The van der Waals surface area contributed by atoms with Crippen LogP contribution in [0.1, 0.15) is 24.1 Å². The van der Waals surface area contributed by atoms with E-state index in [1.165, 1.54) is 0 Å². The highest BCUT2D eigenvalue weighted by atomic mass is 35.5. The SMILES string of the molecule is C[C@H](NCc1cccc(Cl)c1O)c1ccncc1. The van der Waals surface area contributed by atoms with Crippen molar-refractivity contribution >= 4 is 11.6 Å². The van der Waals surface area contributed by atoms with Gasteiger partial charge in [0.05, 0.1) is 5.02 Å². The van der Waals surface area contributed by atoms with Crippen LogP contribution in [0.25, 0.3) is 0 Å². The van der Waals surface area contributed by atoms with Crippen LogP contribution in [0.15, 0.2) is 42.7 Å². The Morgan fingerprint density at radius 3 is 2.72 bits per heavy atom. The molecule has 4 heteroatoms. The summed E-state index contributed by atoms with van der Waals surface area (Å²) in [5, 5.41) is 13.5. The number of hydrogen-bond donors (Lipinski definition) is 2. The standard InChI is InChI=1S/C14H15ClN2O/c1-10(11-5-7-16-8-6-11)17-9-12-3-2-4-13(15)14(12)18/h2-8,10,17-18H,9H2,1H3/t10-/m0/s1. The van der Waals surface area contributed by atoms with Crippen LogP contribution in [-0.4, -0.2) is 10.1 Å². The number of rotatable bonds is 4. The van der Waals surface area contributed by atoms with Crippen LogP contribution in [0.3, 0.4) is 0 Å². The third-order valence-electron chi connectivity index (χ3n) is 2.88. The van der Waals surface area contributed by atoms with Crippen LogP contribution >= 0.6 is 11.6 Å². The maximum absolute atomic E-state index is 9.80. The highest BCUT2D eigenvalue weighted by Crippen LogP contribution is 2.27. The van der Waals surface area contributed by atoms with E-state index in [-0.39, 0.29) is 11.8 Å². The molecule has 0 saturated heterocycles. The zero-order valence-corrected chi connectivity index (χ0v) is 10.9. The predicted octanol–water partition coefficient (Wildman–Crippen LogP) is 3.29. The predicted molar refractivity (Wildman–Crippen MR) is 72.6 cm³/mol. The normalized spacial score (nSPS) is 12.3. The van der Waals surface area contributed by atoms with Crippen molar-refractivity contribution in [1.29, 1.82) is 0 Å². The molecule has 1 atom stereocenters. The Bertz CT molecular complexity index is 516. The molecule has 0 amide bonds. The lowest BCUT2D eigenvalue weighted by Gasteiger charge is -2.14. The maximum atomic E-state index is 9.80. The van der Waals surface area contributed by atoms with Gasteiger partial charge in [0, 0.05) is 30.5 Å². The van der Waals surface area contributed by atoms with E-state index in [4.69, 9.17) is 11.6 Å². The number of pyridine rings is 1. The van der Waals surface area contributed by atoms with Crippen molar-refractivity contribution in [3.8, 4) is 5.75 Å². The van der Waals surface area contributed by atoms with Crippen LogP contribution in [0.5, 0.6) is 5.75 Å². The number of phenolic OH excluding ortho intramolecular Hbond substituents is 1. The molecule has 1 aromatic heterocycles. The van der Waals surface area contributed by atoms with E-state index in [1.54, 1.807) is 18.5 Å². The fourth-order valence-electron chi connectivity index (χ4n) is 1.74. The molecule has 1 heterocycles. The first-order valence-electron chi connectivity index (χ1n) is 5.78. The Kier molecular flexibility index (Phi) is 4.18. The van der Waals surface area contributed by atoms with Crippen LogP contribution in [0.4, 0.5) is 0 Å². The maximum Gasteiger partial charge on any atom is 0.138 e. The average Bonchev–Trinajstić information content (AvgIpc) is 2.41. The zero-order chi connectivity index (χ0) is 13.0. The van der Waals surface area contributed by atoms with Crippen LogP contribution in [-0.2, 0) is 6.54 Å². The van der Waals surface area contributed by atoms with Gasteiger partial charge in [0.15, 0.2) is 0 Å². The fourth-order valence-corrected chi connectivity index (χ4v) is 1.93. The molecule has 2 rings (SSSR count). The van der Waals surface area contributed by atoms with Gasteiger partial charge in [-0.05, 0) is 30.7 Å². The van der Waals surface area contributed by atoms with Crippen molar-refractivity contribution in [3.63, 3.8) is 0 Å². The molecule has 0 fully saturated rings. The molecular formula is C14H15ClN2O. The second-order valence-electron chi connectivity index (χ2n) is 4.13. The molecule has 0 aliphatic heterocycles. The lowest BCUT2D eigenvalue weighted by Crippen LogP contribution is -2.18. The molecule has 94 valence electrons. The number of nitrogens with one attached hydrogen (secondary N) is 1. The molecule has 0 aliphatic rings. The summed E-state index contributed by atoms with van der Waals surface area (Å²) in [6.07, 6.45) is 3.54. The number of aromatic hydroxyl groups is 1. The van der Waals surface area contributed by atoms with E-state index in [9.17, 15) is 5.11 Å². The third kappa shape index (κ3) is 3.00. The first kappa shape index (κ1) is 12.9. The first-order valence-corrected chi connectivity index (χ1v) is 6.16. The number of nitrogens with zero attached hydrogens (tertiary/aromatic N) is 1. The van der Waals surface area contributed by atoms with Crippen molar-refractivity contribution in [1.82, 2.24) is 10.3 Å². The van der Waals surface area contributed by atoms with E-state index >= 15 is 0 Å². The Morgan fingerprint density at radius 2 is 2.00 bits per heavy atom. The van der Waals surface area contributed by atoms with E-state index in [0.29, 0.717) is 11.6 Å². The molecule has 3 nitrogen and oxygen atoms in total. The van der Waals surface area contributed by atoms with E-state index in [0.717, 1.165) is 11.1 Å². The number of para-hydroxylation sites is 1. The molecule has 0 aliphatic carbocycles. The van der Waals surface area contributed by atoms with Crippen LogP contribution in [0, 0.1) is 0 Å². The Labute approximate surface area is 111 Å². The first-order chi connectivity index (χ1) is 8.68. The zero-order valence-electron chi connectivity index (χ0n) is 10.1. The summed E-state index contributed by atoms with van der Waals surface area (Å²) < 4.78 is 0. The summed E-state index contributed by atoms with van der Waals surface area (Å²) in [6.45, 7) is 2.63. The summed E-state index contributed by atoms with van der Waals surface area (Å²) in [5.41, 5.74) is 1.95. The number of hydrogen-bond acceptors (Lipinski definition) is 3. The molecule has 2 N–H and O–H groups in total. The quantitative estimate of drug-likeness (QED) is 0.889. The number of phenols is 1. The smallest absolute Gasteiger partial charge is 0.138 e. The minimum absolute atomic E-state index is 0.147. The van der Waals surface area contributed by atoms with Crippen molar-refractivity contribution in [2.45, 2.75) is 19.5 Å². The Morgan fingerprint density at radius 1 is 1.28 bits per heavy atom. The van der Waals surface area contributed by atoms with Gasteiger partial charge in [-0.2, -0.15) is 0 Å². The highest BCUT2D eigenvalue weighted by Gasteiger charge is 2.08. The summed E-state index contributed by atoms with van der Waals surface area (Å²) in [7, 11) is 0. The molecule has 0 radical (unpaired) electrons. The lowest BCUT2D eigenvalue weighted by atomic mass is 10.1. The van der Waals surface area contributed by atoms with Gasteiger partial charge in [-0.1, -0.05) is 23.7 Å². The Hall–Kier alpha value is -1.58. The highest BCUT2D eigenvalue weighted by molar-refractivity contribution is 6.32. The molecule has 2 aromatic rings. The van der Waals surface area contributed by atoms with Crippen molar-refractivity contribution in [2.24, 2.45) is 0 Å².